The van der Waals surface area contributed by atoms with Gasteiger partial charge in [0.25, 0.3) is 5.91 Å². The third-order valence-corrected chi connectivity index (χ3v) is 3.48. The third-order valence-electron chi connectivity index (χ3n) is 2.79. The van der Waals surface area contributed by atoms with Crippen molar-refractivity contribution in [2.45, 2.75) is 6.42 Å². The SMILES string of the molecule is O=C(c1cc(Cl)c(Cl)[nH]1)N1CCC(CO)C1. The van der Waals surface area contributed by atoms with Crippen molar-refractivity contribution in [3.63, 3.8) is 0 Å². The molecule has 1 fully saturated rings. The van der Waals surface area contributed by atoms with Crippen LogP contribution in [0.1, 0.15) is 16.9 Å². The average Bonchev–Trinajstić information content (AvgIpc) is 2.86. The number of aliphatic hydroxyl groups excluding tert-OH is 1. The quantitative estimate of drug-likeness (QED) is 0.854. The topological polar surface area (TPSA) is 56.3 Å². The Morgan fingerprint density at radius 1 is 1.62 bits per heavy atom. The molecule has 88 valence electrons. The summed E-state index contributed by atoms with van der Waals surface area (Å²) in [7, 11) is 0. The van der Waals surface area contributed by atoms with Gasteiger partial charge in [0.2, 0.25) is 0 Å². The minimum atomic E-state index is -0.121. The second-order valence-electron chi connectivity index (χ2n) is 3.93. The largest absolute Gasteiger partial charge is 0.396 e. The van der Waals surface area contributed by atoms with E-state index in [-0.39, 0.29) is 23.6 Å². The molecule has 6 heteroatoms. The molecular weight excluding hydrogens is 251 g/mol. The summed E-state index contributed by atoms with van der Waals surface area (Å²) in [5.74, 6) is 0.0645. The molecule has 1 atom stereocenters. The van der Waals surface area contributed by atoms with Gasteiger partial charge in [-0.1, -0.05) is 23.2 Å². The number of aromatic amines is 1. The molecule has 0 radical (unpaired) electrons. The Kier molecular flexibility index (Phi) is 3.42. The minimum absolute atomic E-state index is 0.121. The second-order valence-corrected chi connectivity index (χ2v) is 4.72. The molecule has 1 aromatic rings. The lowest BCUT2D eigenvalue weighted by atomic mass is 10.1. The Morgan fingerprint density at radius 3 is 2.88 bits per heavy atom. The molecule has 0 spiro atoms. The fourth-order valence-electron chi connectivity index (χ4n) is 1.86. The molecule has 4 nitrogen and oxygen atoms in total. The first-order chi connectivity index (χ1) is 7.61. The van der Waals surface area contributed by atoms with Crippen LogP contribution in [0, 0.1) is 5.92 Å². The van der Waals surface area contributed by atoms with E-state index in [1.54, 1.807) is 4.90 Å². The minimum Gasteiger partial charge on any atom is -0.396 e. The van der Waals surface area contributed by atoms with Crippen molar-refractivity contribution in [3.8, 4) is 0 Å². The number of H-pyrrole nitrogens is 1. The number of nitrogens with one attached hydrogen (secondary N) is 1. The van der Waals surface area contributed by atoms with E-state index in [2.05, 4.69) is 4.98 Å². The number of hydrogen-bond acceptors (Lipinski definition) is 2. The first-order valence-electron chi connectivity index (χ1n) is 5.06. The Labute approximate surface area is 103 Å². The van der Waals surface area contributed by atoms with Crippen molar-refractivity contribution in [1.29, 1.82) is 0 Å². The zero-order chi connectivity index (χ0) is 11.7. The molecule has 0 aromatic carbocycles. The molecule has 16 heavy (non-hydrogen) atoms. The van der Waals surface area contributed by atoms with Crippen LogP contribution < -0.4 is 0 Å². The van der Waals surface area contributed by atoms with Gasteiger partial charge in [-0.15, -0.1) is 0 Å². The number of carbonyl (C=O) groups excluding carboxylic acids is 1. The summed E-state index contributed by atoms with van der Waals surface area (Å²) in [6, 6.07) is 1.53. The Hall–Kier alpha value is -0.710. The lowest BCUT2D eigenvalue weighted by Crippen LogP contribution is -2.29. The van der Waals surface area contributed by atoms with Crippen LogP contribution in [0.15, 0.2) is 6.07 Å². The van der Waals surface area contributed by atoms with Crippen LogP contribution in [0.3, 0.4) is 0 Å². The maximum atomic E-state index is 12.0. The number of hydrogen-bond donors (Lipinski definition) is 2. The maximum absolute atomic E-state index is 12.0. The smallest absolute Gasteiger partial charge is 0.270 e. The molecule has 1 aliphatic heterocycles. The third kappa shape index (κ3) is 2.19. The molecule has 0 bridgehead atoms. The van der Waals surface area contributed by atoms with Crippen molar-refractivity contribution in [1.82, 2.24) is 9.88 Å². The molecule has 1 aliphatic rings. The van der Waals surface area contributed by atoms with Crippen LogP contribution in [-0.4, -0.2) is 40.6 Å². The number of halogens is 2. The monoisotopic (exact) mass is 262 g/mol. The van der Waals surface area contributed by atoms with E-state index < -0.39 is 0 Å². The summed E-state index contributed by atoms with van der Waals surface area (Å²) >= 11 is 11.5. The van der Waals surface area contributed by atoms with Crippen molar-refractivity contribution < 1.29 is 9.90 Å². The lowest BCUT2D eigenvalue weighted by Gasteiger charge is -2.14. The van der Waals surface area contributed by atoms with Crippen LogP contribution in [0.25, 0.3) is 0 Å². The summed E-state index contributed by atoms with van der Waals surface area (Å²) in [5, 5.41) is 9.63. The molecule has 1 unspecified atom stereocenters. The summed E-state index contributed by atoms with van der Waals surface area (Å²) in [6.45, 7) is 1.37. The van der Waals surface area contributed by atoms with Gasteiger partial charge in [0.1, 0.15) is 10.8 Å². The van der Waals surface area contributed by atoms with Gasteiger partial charge in [-0.25, -0.2) is 0 Å². The van der Waals surface area contributed by atoms with Gasteiger partial charge in [0.05, 0.1) is 5.02 Å². The van der Waals surface area contributed by atoms with Crippen molar-refractivity contribution in [3.05, 3.63) is 21.9 Å². The molecule has 2 rings (SSSR count). The van der Waals surface area contributed by atoms with Gasteiger partial charge < -0.3 is 15.0 Å². The summed E-state index contributed by atoms with van der Waals surface area (Å²) in [6.07, 6.45) is 0.838. The zero-order valence-corrected chi connectivity index (χ0v) is 10.1. The maximum Gasteiger partial charge on any atom is 0.270 e. The van der Waals surface area contributed by atoms with Gasteiger partial charge in [0.15, 0.2) is 0 Å². The van der Waals surface area contributed by atoms with E-state index in [0.717, 1.165) is 6.42 Å². The van der Waals surface area contributed by atoms with Gasteiger partial charge in [-0.3, -0.25) is 4.79 Å². The second kappa shape index (κ2) is 4.65. The van der Waals surface area contributed by atoms with Crippen molar-refractivity contribution in [2.24, 2.45) is 5.92 Å². The highest BCUT2D eigenvalue weighted by Crippen LogP contribution is 2.24. The zero-order valence-electron chi connectivity index (χ0n) is 8.54. The van der Waals surface area contributed by atoms with Gasteiger partial charge in [0, 0.05) is 25.6 Å². The number of nitrogens with zero attached hydrogens (tertiary/aromatic N) is 1. The predicted molar refractivity (Wildman–Crippen MR) is 61.9 cm³/mol. The van der Waals surface area contributed by atoms with Crippen molar-refractivity contribution in [2.75, 3.05) is 19.7 Å². The van der Waals surface area contributed by atoms with Crippen LogP contribution >= 0.6 is 23.2 Å². The number of aromatic nitrogens is 1. The number of amides is 1. The van der Waals surface area contributed by atoms with E-state index >= 15 is 0 Å². The van der Waals surface area contributed by atoms with E-state index in [1.807, 2.05) is 0 Å². The number of carbonyl (C=O) groups is 1. The van der Waals surface area contributed by atoms with E-state index in [0.29, 0.717) is 23.8 Å². The summed E-state index contributed by atoms with van der Waals surface area (Å²) < 4.78 is 0. The van der Waals surface area contributed by atoms with E-state index in [4.69, 9.17) is 28.3 Å². The number of likely N-dealkylation sites (tertiary alicyclic amines) is 1. The average molecular weight is 263 g/mol. The van der Waals surface area contributed by atoms with Gasteiger partial charge >= 0.3 is 0 Å². The summed E-state index contributed by atoms with van der Waals surface area (Å²) in [5.41, 5.74) is 0.397. The molecule has 0 saturated carbocycles. The Bertz CT molecular complexity index is 386. The number of aliphatic hydroxyl groups is 1. The molecule has 1 amide bonds. The van der Waals surface area contributed by atoms with Crippen LogP contribution in [0.2, 0.25) is 10.2 Å². The highest BCUT2D eigenvalue weighted by molar-refractivity contribution is 6.41. The fourth-order valence-corrected chi connectivity index (χ4v) is 2.17. The highest BCUT2D eigenvalue weighted by atomic mass is 35.5. The Balaban J connectivity index is 2.08. The fraction of sp³-hybridized carbons (Fsp3) is 0.500. The van der Waals surface area contributed by atoms with Crippen LogP contribution in [0.5, 0.6) is 0 Å². The molecule has 2 N–H and O–H groups in total. The number of rotatable bonds is 2. The first-order valence-corrected chi connectivity index (χ1v) is 5.81. The van der Waals surface area contributed by atoms with E-state index in [1.165, 1.54) is 6.07 Å². The predicted octanol–water partition coefficient (Wildman–Crippen LogP) is 1.78. The van der Waals surface area contributed by atoms with Gasteiger partial charge in [-0.2, -0.15) is 0 Å². The first kappa shape index (κ1) is 11.8. The summed E-state index contributed by atoms with van der Waals surface area (Å²) in [4.78, 5) is 16.4. The standard InChI is InChI=1S/C10H12Cl2N2O2/c11-7-3-8(13-9(7)12)10(16)14-2-1-6(4-14)5-15/h3,6,13,15H,1-2,4-5H2. The lowest BCUT2D eigenvalue weighted by molar-refractivity contribution is 0.0777. The molecule has 2 heterocycles. The Morgan fingerprint density at radius 2 is 2.38 bits per heavy atom. The molecule has 1 saturated heterocycles. The van der Waals surface area contributed by atoms with Crippen molar-refractivity contribution >= 4 is 29.1 Å². The van der Waals surface area contributed by atoms with Crippen LogP contribution in [-0.2, 0) is 0 Å². The van der Waals surface area contributed by atoms with Gasteiger partial charge in [-0.05, 0) is 12.5 Å². The molecular formula is C10H12Cl2N2O2. The van der Waals surface area contributed by atoms with Crippen LogP contribution in [0.4, 0.5) is 0 Å². The molecule has 1 aromatic heterocycles. The van der Waals surface area contributed by atoms with E-state index in [9.17, 15) is 4.79 Å². The molecule has 0 aliphatic carbocycles. The highest BCUT2D eigenvalue weighted by Gasteiger charge is 2.27. The normalized spacial score (nSPS) is 20.4.